The Hall–Kier alpha value is -1.37. The van der Waals surface area contributed by atoms with E-state index in [2.05, 4.69) is 0 Å². The van der Waals surface area contributed by atoms with Gasteiger partial charge in [-0.15, -0.1) is 0 Å². The summed E-state index contributed by atoms with van der Waals surface area (Å²) < 4.78 is 41.2. The highest BCUT2D eigenvalue weighted by Gasteiger charge is 2.31. The third kappa shape index (κ3) is 3.34. The van der Waals surface area contributed by atoms with Gasteiger partial charge in [-0.1, -0.05) is 0 Å². The van der Waals surface area contributed by atoms with E-state index in [1.54, 1.807) is 0 Å². The number of thioether (sulfide) groups is 1. The van der Waals surface area contributed by atoms with Crippen LogP contribution in [0.15, 0.2) is 23.1 Å². The summed E-state index contributed by atoms with van der Waals surface area (Å²) in [5.41, 5.74) is -4.70. The fourth-order valence-electron chi connectivity index (χ4n) is 1.01. The van der Waals surface area contributed by atoms with Gasteiger partial charge in [-0.2, -0.15) is 13.2 Å². The summed E-state index contributed by atoms with van der Waals surface area (Å²) in [6, 6.07) is 3.30. The van der Waals surface area contributed by atoms with Crippen molar-refractivity contribution in [3.63, 3.8) is 0 Å². The lowest BCUT2D eigenvalue weighted by molar-refractivity contribution is -0.0329. The molecule has 0 saturated carbocycles. The van der Waals surface area contributed by atoms with E-state index in [4.69, 9.17) is 9.84 Å². The van der Waals surface area contributed by atoms with E-state index in [0.717, 1.165) is 6.07 Å². The number of halogens is 3. The fourth-order valence-corrected chi connectivity index (χ4v) is 1.70. The lowest BCUT2D eigenvalue weighted by Crippen LogP contribution is -2.02. The van der Waals surface area contributed by atoms with E-state index in [9.17, 15) is 18.0 Å². The van der Waals surface area contributed by atoms with E-state index < -0.39 is 23.2 Å². The number of carboxylic acid groups (broad SMARTS) is 1. The summed E-state index contributed by atoms with van der Waals surface area (Å²) in [7, 11) is 1.22. The van der Waals surface area contributed by atoms with Crippen molar-refractivity contribution in [2.75, 3.05) is 7.11 Å². The molecule has 0 aliphatic heterocycles. The normalized spacial score (nSPS) is 11.2. The molecular weight excluding hydrogens is 245 g/mol. The number of benzene rings is 1. The maximum atomic E-state index is 12.2. The molecule has 88 valence electrons. The molecule has 0 atom stereocenters. The zero-order chi connectivity index (χ0) is 12.3. The first-order valence-corrected chi connectivity index (χ1v) is 4.82. The number of alkyl halides is 3. The van der Waals surface area contributed by atoms with Gasteiger partial charge < -0.3 is 9.84 Å². The number of carboxylic acids is 1. The molecule has 0 heterocycles. The molecule has 1 aromatic rings. The molecule has 1 aromatic carbocycles. The van der Waals surface area contributed by atoms with Crippen molar-refractivity contribution >= 4 is 17.7 Å². The minimum Gasteiger partial charge on any atom is -0.496 e. The van der Waals surface area contributed by atoms with E-state index in [-0.39, 0.29) is 16.2 Å². The minimum absolute atomic E-state index is 0.00711. The minimum atomic E-state index is -4.48. The van der Waals surface area contributed by atoms with Gasteiger partial charge in [0, 0.05) is 0 Å². The number of rotatable bonds is 3. The molecule has 0 aromatic heterocycles. The van der Waals surface area contributed by atoms with Crippen LogP contribution in [0, 0.1) is 0 Å². The van der Waals surface area contributed by atoms with Crippen molar-refractivity contribution in [3.8, 4) is 5.75 Å². The van der Waals surface area contributed by atoms with E-state index >= 15 is 0 Å². The molecule has 1 rings (SSSR count). The van der Waals surface area contributed by atoms with Gasteiger partial charge in [0.1, 0.15) is 5.75 Å². The predicted octanol–water partition coefficient (Wildman–Crippen LogP) is 3.01. The van der Waals surface area contributed by atoms with Gasteiger partial charge >= 0.3 is 11.5 Å². The van der Waals surface area contributed by atoms with E-state index in [0.29, 0.717) is 0 Å². The van der Waals surface area contributed by atoms with Gasteiger partial charge in [-0.3, -0.25) is 0 Å². The molecule has 0 aliphatic carbocycles. The zero-order valence-corrected chi connectivity index (χ0v) is 8.85. The highest BCUT2D eigenvalue weighted by Crippen LogP contribution is 2.41. The second-order valence-corrected chi connectivity index (χ2v) is 3.83. The van der Waals surface area contributed by atoms with Gasteiger partial charge in [0.05, 0.1) is 17.6 Å². The summed E-state index contributed by atoms with van der Waals surface area (Å²) in [4.78, 5) is 10.3. The summed E-state index contributed by atoms with van der Waals surface area (Å²) >= 11 is -0.405. The van der Waals surface area contributed by atoms with Gasteiger partial charge in [-0.05, 0) is 30.0 Å². The van der Waals surface area contributed by atoms with Crippen molar-refractivity contribution in [2.24, 2.45) is 0 Å². The Kier molecular flexibility index (Phi) is 3.69. The van der Waals surface area contributed by atoms with Crippen molar-refractivity contribution in [1.29, 1.82) is 0 Å². The first kappa shape index (κ1) is 12.7. The van der Waals surface area contributed by atoms with E-state index in [1.165, 1.54) is 19.2 Å². The van der Waals surface area contributed by atoms with Crippen LogP contribution in [0.1, 0.15) is 10.4 Å². The molecular formula is C9H7F3O3S. The van der Waals surface area contributed by atoms with Crippen molar-refractivity contribution in [2.45, 2.75) is 10.4 Å². The maximum absolute atomic E-state index is 12.2. The SMILES string of the molecule is COc1ccc(C(=O)O)cc1SC(F)(F)F. The first-order chi connectivity index (χ1) is 7.33. The number of ether oxygens (including phenoxy) is 1. The molecule has 0 saturated heterocycles. The molecule has 0 bridgehead atoms. The standard InChI is InChI=1S/C9H7F3O3S/c1-15-6-3-2-5(8(13)14)4-7(6)16-9(10,11)12/h2-4H,1H3,(H,13,14). The molecule has 0 radical (unpaired) electrons. The number of carbonyl (C=O) groups is 1. The Morgan fingerprint density at radius 3 is 2.50 bits per heavy atom. The Morgan fingerprint density at radius 2 is 2.06 bits per heavy atom. The maximum Gasteiger partial charge on any atom is 0.446 e. The van der Waals surface area contributed by atoms with Crippen LogP contribution in [0.3, 0.4) is 0 Å². The third-order valence-corrected chi connectivity index (χ3v) is 2.41. The van der Waals surface area contributed by atoms with Crippen LogP contribution in [-0.4, -0.2) is 23.7 Å². The summed E-state index contributed by atoms with van der Waals surface area (Å²) in [6.07, 6.45) is 0. The monoisotopic (exact) mass is 252 g/mol. The number of methoxy groups -OCH3 is 1. The highest BCUT2D eigenvalue weighted by molar-refractivity contribution is 8.00. The van der Waals surface area contributed by atoms with E-state index in [1.807, 2.05) is 0 Å². The summed E-state index contributed by atoms with van der Waals surface area (Å²) in [5, 5.41) is 8.64. The molecule has 0 aliphatic rings. The Bertz CT molecular complexity index is 403. The molecule has 7 heteroatoms. The molecule has 3 nitrogen and oxygen atoms in total. The van der Waals surface area contributed by atoms with Crippen molar-refractivity contribution in [1.82, 2.24) is 0 Å². The van der Waals surface area contributed by atoms with Crippen LogP contribution in [0.25, 0.3) is 0 Å². The summed E-state index contributed by atoms with van der Waals surface area (Å²) in [6.45, 7) is 0. The van der Waals surface area contributed by atoms with Crippen LogP contribution >= 0.6 is 11.8 Å². The lowest BCUT2D eigenvalue weighted by Gasteiger charge is -2.10. The van der Waals surface area contributed by atoms with Gasteiger partial charge in [0.2, 0.25) is 0 Å². The lowest BCUT2D eigenvalue weighted by atomic mass is 10.2. The van der Waals surface area contributed by atoms with Crippen LogP contribution in [0.4, 0.5) is 13.2 Å². The van der Waals surface area contributed by atoms with Gasteiger partial charge in [-0.25, -0.2) is 4.79 Å². The van der Waals surface area contributed by atoms with Crippen molar-refractivity contribution < 1.29 is 27.8 Å². The predicted molar refractivity (Wildman–Crippen MR) is 51.9 cm³/mol. The second-order valence-electron chi connectivity index (χ2n) is 2.72. The smallest absolute Gasteiger partial charge is 0.446 e. The molecule has 16 heavy (non-hydrogen) atoms. The van der Waals surface area contributed by atoms with Gasteiger partial charge in [0.15, 0.2) is 0 Å². The van der Waals surface area contributed by atoms with Gasteiger partial charge in [0.25, 0.3) is 0 Å². The van der Waals surface area contributed by atoms with Crippen molar-refractivity contribution in [3.05, 3.63) is 23.8 Å². The first-order valence-electron chi connectivity index (χ1n) is 4.00. The molecule has 1 N–H and O–H groups in total. The quantitative estimate of drug-likeness (QED) is 0.840. The van der Waals surface area contributed by atoms with Crippen LogP contribution < -0.4 is 4.74 Å². The highest BCUT2D eigenvalue weighted by atomic mass is 32.2. The third-order valence-electron chi connectivity index (χ3n) is 1.64. The number of hydrogen-bond donors (Lipinski definition) is 1. The number of hydrogen-bond acceptors (Lipinski definition) is 3. The summed E-state index contributed by atoms with van der Waals surface area (Å²) in [5.74, 6) is -1.29. The molecule has 0 fully saturated rings. The van der Waals surface area contributed by atoms with Crippen LogP contribution in [0.2, 0.25) is 0 Å². The largest absolute Gasteiger partial charge is 0.496 e. The average molecular weight is 252 g/mol. The van der Waals surface area contributed by atoms with Crippen LogP contribution in [0.5, 0.6) is 5.75 Å². The Labute approximate surface area is 93.2 Å². The molecule has 0 amide bonds. The molecule has 0 spiro atoms. The fraction of sp³-hybridized carbons (Fsp3) is 0.222. The average Bonchev–Trinajstić information content (AvgIpc) is 2.15. The Morgan fingerprint density at radius 1 is 1.44 bits per heavy atom. The zero-order valence-electron chi connectivity index (χ0n) is 8.04. The van der Waals surface area contributed by atoms with Crippen LogP contribution in [-0.2, 0) is 0 Å². The number of aromatic carboxylic acids is 1. The molecule has 0 unspecified atom stereocenters. The topological polar surface area (TPSA) is 46.5 Å². The Balaban J connectivity index is 3.12. The second kappa shape index (κ2) is 4.65.